The molecule has 0 saturated heterocycles. The zero-order valence-electron chi connectivity index (χ0n) is 12.5. The standard InChI is InChI=1S/C18H16FN3O/c19-15-5-6-17-14(10-15)7-8-22(17)18(23)16(21)9-12-1-3-13(11-20)4-2-12/h1-6,10,16H,7-9,21H2/t16-/m0/s1. The van der Waals surface area contributed by atoms with E-state index in [1.54, 1.807) is 35.2 Å². The summed E-state index contributed by atoms with van der Waals surface area (Å²) in [6, 6.07) is 12.9. The first-order valence-electron chi connectivity index (χ1n) is 7.43. The summed E-state index contributed by atoms with van der Waals surface area (Å²) in [4.78, 5) is 14.2. The fourth-order valence-electron chi connectivity index (χ4n) is 2.86. The SMILES string of the molecule is N#Cc1ccc(C[C@H](N)C(=O)N2CCc3cc(F)ccc32)cc1. The number of nitrogens with two attached hydrogens (primary N) is 1. The molecular formula is C18H16FN3O. The number of carbonyl (C=O) groups excluding carboxylic acids is 1. The normalized spacial score (nSPS) is 14.2. The van der Waals surface area contributed by atoms with Crippen molar-refractivity contribution in [3.05, 3.63) is 65.0 Å². The number of anilines is 1. The van der Waals surface area contributed by atoms with Gasteiger partial charge in [0, 0.05) is 12.2 Å². The summed E-state index contributed by atoms with van der Waals surface area (Å²) in [5.74, 6) is -0.459. The van der Waals surface area contributed by atoms with E-state index in [-0.39, 0.29) is 11.7 Å². The molecule has 2 aromatic rings. The van der Waals surface area contributed by atoms with E-state index in [1.165, 1.54) is 12.1 Å². The molecule has 0 saturated carbocycles. The molecule has 2 N–H and O–H groups in total. The molecule has 0 unspecified atom stereocenters. The molecule has 0 radical (unpaired) electrons. The molecule has 1 aliphatic rings. The fraction of sp³-hybridized carbons (Fsp3) is 0.222. The molecule has 4 nitrogen and oxygen atoms in total. The third kappa shape index (κ3) is 3.08. The second-order valence-corrected chi connectivity index (χ2v) is 5.63. The molecule has 23 heavy (non-hydrogen) atoms. The summed E-state index contributed by atoms with van der Waals surface area (Å²) in [6.07, 6.45) is 1.04. The topological polar surface area (TPSA) is 70.1 Å². The molecule has 0 fully saturated rings. The van der Waals surface area contributed by atoms with E-state index in [4.69, 9.17) is 11.0 Å². The number of benzene rings is 2. The van der Waals surface area contributed by atoms with Crippen molar-refractivity contribution < 1.29 is 9.18 Å². The minimum absolute atomic E-state index is 0.167. The highest BCUT2D eigenvalue weighted by atomic mass is 19.1. The Morgan fingerprint density at radius 2 is 2.04 bits per heavy atom. The summed E-state index contributed by atoms with van der Waals surface area (Å²) in [7, 11) is 0. The number of hydrogen-bond donors (Lipinski definition) is 1. The number of nitriles is 1. The van der Waals surface area contributed by atoms with Crippen molar-refractivity contribution in [3.8, 4) is 6.07 Å². The molecule has 1 amide bonds. The zero-order valence-corrected chi connectivity index (χ0v) is 12.5. The Morgan fingerprint density at radius 3 is 2.74 bits per heavy atom. The van der Waals surface area contributed by atoms with E-state index in [0.29, 0.717) is 24.9 Å². The molecule has 1 aliphatic heterocycles. The average molecular weight is 309 g/mol. The van der Waals surface area contributed by atoms with Crippen LogP contribution in [-0.4, -0.2) is 18.5 Å². The predicted molar refractivity (Wildman–Crippen MR) is 85.3 cm³/mol. The predicted octanol–water partition coefficient (Wildman–Crippen LogP) is 2.16. The van der Waals surface area contributed by atoms with Crippen LogP contribution < -0.4 is 10.6 Å². The molecule has 5 heteroatoms. The van der Waals surface area contributed by atoms with Crippen molar-refractivity contribution in [1.82, 2.24) is 0 Å². The van der Waals surface area contributed by atoms with Gasteiger partial charge in [-0.1, -0.05) is 12.1 Å². The quantitative estimate of drug-likeness (QED) is 0.944. The molecule has 1 atom stereocenters. The highest BCUT2D eigenvalue weighted by molar-refractivity contribution is 5.99. The molecule has 0 bridgehead atoms. The van der Waals surface area contributed by atoms with Gasteiger partial charge in [-0.2, -0.15) is 5.26 Å². The van der Waals surface area contributed by atoms with Crippen LogP contribution >= 0.6 is 0 Å². The van der Waals surface area contributed by atoms with Gasteiger partial charge in [-0.15, -0.1) is 0 Å². The van der Waals surface area contributed by atoms with Crippen LogP contribution in [0.1, 0.15) is 16.7 Å². The van der Waals surface area contributed by atoms with Gasteiger partial charge < -0.3 is 10.6 Å². The van der Waals surface area contributed by atoms with E-state index in [9.17, 15) is 9.18 Å². The molecule has 0 spiro atoms. The number of halogens is 1. The van der Waals surface area contributed by atoms with Crippen LogP contribution in [0.5, 0.6) is 0 Å². The van der Waals surface area contributed by atoms with E-state index in [1.807, 2.05) is 0 Å². The molecule has 0 aromatic heterocycles. The van der Waals surface area contributed by atoms with Crippen LogP contribution in [-0.2, 0) is 17.6 Å². The smallest absolute Gasteiger partial charge is 0.244 e. The zero-order chi connectivity index (χ0) is 16.4. The van der Waals surface area contributed by atoms with Gasteiger partial charge in [0.15, 0.2) is 0 Å². The first-order chi connectivity index (χ1) is 11.1. The van der Waals surface area contributed by atoms with E-state index in [2.05, 4.69) is 6.07 Å². The van der Waals surface area contributed by atoms with Gasteiger partial charge in [-0.25, -0.2) is 4.39 Å². The Labute approximate surface area is 133 Å². The molecule has 3 rings (SSSR count). The van der Waals surface area contributed by atoms with Crippen molar-refractivity contribution in [3.63, 3.8) is 0 Å². The van der Waals surface area contributed by atoms with Gasteiger partial charge >= 0.3 is 0 Å². The lowest BCUT2D eigenvalue weighted by atomic mass is 10.0. The molecule has 0 aliphatic carbocycles. The minimum atomic E-state index is -0.668. The molecular weight excluding hydrogens is 293 g/mol. The third-order valence-electron chi connectivity index (χ3n) is 4.06. The average Bonchev–Trinajstić information content (AvgIpc) is 2.97. The first-order valence-corrected chi connectivity index (χ1v) is 7.43. The third-order valence-corrected chi connectivity index (χ3v) is 4.06. The molecule has 116 valence electrons. The highest BCUT2D eigenvalue weighted by Gasteiger charge is 2.28. The number of fused-ring (bicyclic) bond motifs is 1. The Morgan fingerprint density at radius 1 is 1.30 bits per heavy atom. The second-order valence-electron chi connectivity index (χ2n) is 5.63. The van der Waals surface area contributed by atoms with E-state index < -0.39 is 6.04 Å². The summed E-state index contributed by atoms with van der Waals surface area (Å²) in [5.41, 5.74) is 9.11. The maximum atomic E-state index is 13.2. The lowest BCUT2D eigenvalue weighted by Crippen LogP contribution is -2.44. The van der Waals surface area contributed by atoms with Gasteiger partial charge in [-0.05, 0) is 54.3 Å². The lowest BCUT2D eigenvalue weighted by Gasteiger charge is -2.21. The minimum Gasteiger partial charge on any atom is -0.320 e. The monoisotopic (exact) mass is 309 g/mol. The van der Waals surface area contributed by atoms with Crippen molar-refractivity contribution in [2.45, 2.75) is 18.9 Å². The summed E-state index contributed by atoms with van der Waals surface area (Å²) < 4.78 is 13.2. The lowest BCUT2D eigenvalue weighted by molar-refractivity contribution is -0.119. The van der Waals surface area contributed by atoms with E-state index in [0.717, 1.165) is 16.8 Å². The van der Waals surface area contributed by atoms with Crippen LogP contribution in [0.4, 0.5) is 10.1 Å². The van der Waals surface area contributed by atoms with Crippen molar-refractivity contribution >= 4 is 11.6 Å². The molecule has 2 aromatic carbocycles. The molecule has 1 heterocycles. The Bertz CT molecular complexity index is 780. The first kappa shape index (κ1) is 15.2. The Hall–Kier alpha value is -2.71. The van der Waals surface area contributed by atoms with Gasteiger partial charge in [-0.3, -0.25) is 4.79 Å². The number of amides is 1. The van der Waals surface area contributed by atoms with Crippen LogP contribution in [0.25, 0.3) is 0 Å². The van der Waals surface area contributed by atoms with Crippen molar-refractivity contribution in [2.75, 3.05) is 11.4 Å². The fourth-order valence-corrected chi connectivity index (χ4v) is 2.86. The van der Waals surface area contributed by atoms with Gasteiger partial charge in [0.1, 0.15) is 5.82 Å². The Kier molecular flexibility index (Phi) is 4.09. The van der Waals surface area contributed by atoms with Gasteiger partial charge in [0.25, 0.3) is 0 Å². The van der Waals surface area contributed by atoms with Gasteiger partial charge in [0.2, 0.25) is 5.91 Å². The maximum Gasteiger partial charge on any atom is 0.244 e. The van der Waals surface area contributed by atoms with Gasteiger partial charge in [0.05, 0.1) is 17.7 Å². The summed E-state index contributed by atoms with van der Waals surface area (Å²) >= 11 is 0. The number of carbonyl (C=O) groups is 1. The van der Waals surface area contributed by atoms with Crippen LogP contribution in [0, 0.1) is 17.1 Å². The highest BCUT2D eigenvalue weighted by Crippen LogP contribution is 2.29. The van der Waals surface area contributed by atoms with Crippen molar-refractivity contribution in [2.24, 2.45) is 5.73 Å². The van der Waals surface area contributed by atoms with Crippen molar-refractivity contribution in [1.29, 1.82) is 5.26 Å². The van der Waals surface area contributed by atoms with Crippen LogP contribution in [0.15, 0.2) is 42.5 Å². The number of hydrogen-bond acceptors (Lipinski definition) is 3. The maximum absolute atomic E-state index is 13.2. The van der Waals surface area contributed by atoms with E-state index >= 15 is 0 Å². The largest absolute Gasteiger partial charge is 0.320 e. The van der Waals surface area contributed by atoms with Crippen LogP contribution in [0.3, 0.4) is 0 Å². The number of rotatable bonds is 3. The second kappa shape index (κ2) is 6.19. The van der Waals surface area contributed by atoms with Crippen LogP contribution in [0.2, 0.25) is 0 Å². The summed E-state index contributed by atoms with van der Waals surface area (Å²) in [5, 5.41) is 8.79. The Balaban J connectivity index is 1.72. The number of nitrogens with zero attached hydrogens (tertiary/aromatic N) is 2. The summed E-state index contributed by atoms with van der Waals surface area (Å²) in [6.45, 7) is 0.526.